The second kappa shape index (κ2) is 5.86. The molecule has 0 radical (unpaired) electrons. The third-order valence-corrected chi connectivity index (χ3v) is 3.49. The summed E-state index contributed by atoms with van der Waals surface area (Å²) in [6.45, 7) is 3.94. The van der Waals surface area contributed by atoms with E-state index >= 15 is 0 Å². The van der Waals surface area contributed by atoms with Crippen LogP contribution in [0.1, 0.15) is 12.5 Å². The molecule has 0 saturated heterocycles. The lowest BCUT2D eigenvalue weighted by molar-refractivity contribution is -0.119. The molecule has 0 heterocycles. The zero-order valence-corrected chi connectivity index (χ0v) is 11.6. The number of rotatable bonds is 5. The molecule has 0 bridgehead atoms. The molecular formula is C12H18N2O3S. The van der Waals surface area contributed by atoms with Crippen molar-refractivity contribution < 1.29 is 13.2 Å². The summed E-state index contributed by atoms with van der Waals surface area (Å²) in [5.74, 6) is -0.315. The molecule has 0 saturated carbocycles. The van der Waals surface area contributed by atoms with E-state index in [0.717, 1.165) is 16.1 Å². The fraction of sp³-hybridized carbons (Fsp3) is 0.417. The molecule has 0 unspecified atom stereocenters. The largest absolute Gasteiger partial charge is 0.355 e. The van der Waals surface area contributed by atoms with E-state index in [1.165, 1.54) is 0 Å². The van der Waals surface area contributed by atoms with Gasteiger partial charge < -0.3 is 5.32 Å². The average Bonchev–Trinajstić information content (AvgIpc) is 2.24. The molecule has 5 nitrogen and oxygen atoms in total. The van der Waals surface area contributed by atoms with Crippen molar-refractivity contribution in [2.75, 3.05) is 23.7 Å². The minimum Gasteiger partial charge on any atom is -0.355 e. The molecule has 1 N–H and O–H groups in total. The van der Waals surface area contributed by atoms with E-state index < -0.39 is 10.0 Å². The Labute approximate surface area is 108 Å². The Morgan fingerprint density at radius 1 is 1.39 bits per heavy atom. The first-order chi connectivity index (χ1) is 8.34. The molecule has 18 heavy (non-hydrogen) atoms. The summed E-state index contributed by atoms with van der Waals surface area (Å²) in [5.41, 5.74) is 1.45. The number of sulfonamides is 1. The maximum absolute atomic E-state index is 11.7. The van der Waals surface area contributed by atoms with Crippen LogP contribution in [0.15, 0.2) is 24.3 Å². The highest BCUT2D eigenvalue weighted by atomic mass is 32.2. The first-order valence-corrected chi connectivity index (χ1v) is 7.50. The van der Waals surface area contributed by atoms with Crippen LogP contribution in [0.4, 0.5) is 5.69 Å². The van der Waals surface area contributed by atoms with Crippen molar-refractivity contribution in [2.45, 2.75) is 13.8 Å². The van der Waals surface area contributed by atoms with E-state index in [1.54, 1.807) is 25.1 Å². The molecule has 1 amide bonds. The van der Waals surface area contributed by atoms with Crippen molar-refractivity contribution in [3.63, 3.8) is 0 Å². The van der Waals surface area contributed by atoms with Gasteiger partial charge in [-0.25, -0.2) is 8.42 Å². The van der Waals surface area contributed by atoms with Gasteiger partial charge in [0.1, 0.15) is 6.54 Å². The number of aryl methyl sites for hydroxylation is 1. The number of likely N-dealkylation sites (N-methyl/N-ethyl adjacent to an activating group) is 1. The van der Waals surface area contributed by atoms with E-state index in [9.17, 15) is 13.2 Å². The quantitative estimate of drug-likeness (QED) is 0.864. The number of carbonyl (C=O) groups excluding carboxylic acids is 1. The molecule has 100 valence electrons. The summed E-state index contributed by atoms with van der Waals surface area (Å²) in [7, 11) is -3.48. The van der Waals surface area contributed by atoms with Gasteiger partial charge >= 0.3 is 0 Å². The summed E-state index contributed by atoms with van der Waals surface area (Å²) >= 11 is 0. The minimum atomic E-state index is -3.48. The zero-order valence-electron chi connectivity index (χ0n) is 10.8. The van der Waals surface area contributed by atoms with Crippen molar-refractivity contribution in [3.05, 3.63) is 29.8 Å². The van der Waals surface area contributed by atoms with Crippen LogP contribution in [0.3, 0.4) is 0 Å². The molecule has 1 aromatic rings. The van der Waals surface area contributed by atoms with Crippen LogP contribution in [0.2, 0.25) is 0 Å². The molecule has 0 aliphatic carbocycles. The summed E-state index contributed by atoms with van der Waals surface area (Å²) in [6.07, 6.45) is 1.09. The van der Waals surface area contributed by atoms with E-state index in [2.05, 4.69) is 5.32 Å². The molecule has 6 heteroatoms. The second-order valence-corrected chi connectivity index (χ2v) is 5.97. The molecule has 1 rings (SSSR count). The molecular weight excluding hydrogens is 252 g/mol. The van der Waals surface area contributed by atoms with E-state index in [-0.39, 0.29) is 12.5 Å². The Balaban J connectivity index is 3.04. The van der Waals surface area contributed by atoms with Crippen LogP contribution in [0, 0.1) is 6.92 Å². The van der Waals surface area contributed by atoms with Gasteiger partial charge in [0.15, 0.2) is 0 Å². The SMILES string of the molecule is CCNC(=O)CN(c1cccc(C)c1)S(C)(=O)=O. The maximum atomic E-state index is 11.7. The van der Waals surface area contributed by atoms with Crippen LogP contribution in [-0.2, 0) is 14.8 Å². The molecule has 0 aliphatic heterocycles. The van der Waals surface area contributed by atoms with Gasteiger partial charge in [-0.2, -0.15) is 0 Å². The molecule has 0 spiro atoms. The Hall–Kier alpha value is -1.56. The van der Waals surface area contributed by atoms with Gasteiger partial charge in [0.05, 0.1) is 11.9 Å². The van der Waals surface area contributed by atoms with Crippen LogP contribution in [-0.4, -0.2) is 33.7 Å². The predicted octanol–water partition coefficient (Wildman–Crippen LogP) is 0.897. The number of amides is 1. The van der Waals surface area contributed by atoms with Crippen LogP contribution < -0.4 is 9.62 Å². The zero-order chi connectivity index (χ0) is 13.8. The van der Waals surface area contributed by atoms with Crippen molar-refractivity contribution >= 4 is 21.6 Å². The van der Waals surface area contributed by atoms with Gasteiger partial charge in [-0.3, -0.25) is 9.10 Å². The lowest BCUT2D eigenvalue weighted by atomic mass is 10.2. The van der Waals surface area contributed by atoms with Crippen molar-refractivity contribution in [3.8, 4) is 0 Å². The van der Waals surface area contributed by atoms with Crippen LogP contribution in [0.25, 0.3) is 0 Å². The van der Waals surface area contributed by atoms with Gasteiger partial charge in [0.25, 0.3) is 0 Å². The monoisotopic (exact) mass is 270 g/mol. The number of hydrogen-bond acceptors (Lipinski definition) is 3. The second-order valence-electron chi connectivity index (χ2n) is 4.06. The molecule has 1 aromatic carbocycles. The minimum absolute atomic E-state index is 0.198. The lowest BCUT2D eigenvalue weighted by Crippen LogP contribution is -2.40. The van der Waals surface area contributed by atoms with Crippen LogP contribution >= 0.6 is 0 Å². The Kier molecular flexibility index (Phi) is 4.72. The Bertz CT molecular complexity index is 526. The van der Waals surface area contributed by atoms with Gasteiger partial charge in [-0.1, -0.05) is 12.1 Å². The summed E-state index contributed by atoms with van der Waals surface area (Å²) < 4.78 is 24.6. The Morgan fingerprint density at radius 2 is 2.06 bits per heavy atom. The molecule has 0 aromatic heterocycles. The van der Waals surface area contributed by atoms with Crippen molar-refractivity contribution in [2.24, 2.45) is 0 Å². The number of benzene rings is 1. The maximum Gasteiger partial charge on any atom is 0.240 e. The number of anilines is 1. The summed E-state index contributed by atoms with van der Waals surface area (Å²) in [4.78, 5) is 11.5. The predicted molar refractivity (Wildman–Crippen MR) is 72.1 cm³/mol. The number of carbonyl (C=O) groups is 1. The van der Waals surface area contributed by atoms with Gasteiger partial charge in [0, 0.05) is 6.54 Å². The normalized spacial score (nSPS) is 11.1. The molecule has 0 atom stereocenters. The van der Waals surface area contributed by atoms with E-state index in [4.69, 9.17) is 0 Å². The number of nitrogens with one attached hydrogen (secondary N) is 1. The highest BCUT2D eigenvalue weighted by molar-refractivity contribution is 7.92. The fourth-order valence-electron chi connectivity index (χ4n) is 1.57. The molecule has 0 aliphatic rings. The van der Waals surface area contributed by atoms with Crippen LogP contribution in [0.5, 0.6) is 0 Å². The van der Waals surface area contributed by atoms with Crippen molar-refractivity contribution in [1.29, 1.82) is 0 Å². The van der Waals surface area contributed by atoms with E-state index in [1.807, 2.05) is 13.0 Å². The first-order valence-electron chi connectivity index (χ1n) is 5.65. The number of hydrogen-bond donors (Lipinski definition) is 1. The third-order valence-electron chi connectivity index (χ3n) is 2.35. The fourth-order valence-corrected chi connectivity index (χ4v) is 2.41. The van der Waals surface area contributed by atoms with Gasteiger partial charge in [0.2, 0.25) is 15.9 Å². The first kappa shape index (κ1) is 14.5. The standard InChI is InChI=1S/C12H18N2O3S/c1-4-13-12(15)9-14(18(3,16)17)11-7-5-6-10(2)8-11/h5-8H,4,9H2,1-3H3,(H,13,15). The topological polar surface area (TPSA) is 66.5 Å². The number of nitrogens with zero attached hydrogens (tertiary/aromatic N) is 1. The average molecular weight is 270 g/mol. The van der Waals surface area contributed by atoms with Crippen molar-refractivity contribution in [1.82, 2.24) is 5.32 Å². The third kappa shape index (κ3) is 4.03. The summed E-state index contributed by atoms with van der Waals surface area (Å²) in [5, 5.41) is 2.59. The van der Waals surface area contributed by atoms with Gasteiger partial charge in [-0.15, -0.1) is 0 Å². The molecule has 0 fully saturated rings. The highest BCUT2D eigenvalue weighted by Gasteiger charge is 2.20. The lowest BCUT2D eigenvalue weighted by Gasteiger charge is -2.22. The highest BCUT2D eigenvalue weighted by Crippen LogP contribution is 2.18. The smallest absolute Gasteiger partial charge is 0.240 e. The Morgan fingerprint density at radius 3 is 2.56 bits per heavy atom. The van der Waals surface area contributed by atoms with E-state index in [0.29, 0.717) is 12.2 Å². The summed E-state index contributed by atoms with van der Waals surface area (Å²) in [6, 6.07) is 7.05. The van der Waals surface area contributed by atoms with Gasteiger partial charge in [-0.05, 0) is 31.5 Å².